The van der Waals surface area contributed by atoms with Gasteiger partial charge in [-0.3, -0.25) is 0 Å². The molecule has 2 bridgehead atoms. The van der Waals surface area contributed by atoms with Gasteiger partial charge in [0.1, 0.15) is 18.2 Å². The van der Waals surface area contributed by atoms with E-state index in [1.807, 2.05) is 13.8 Å². The van der Waals surface area contributed by atoms with Crippen molar-refractivity contribution < 1.29 is 19.0 Å². The third-order valence-electron chi connectivity index (χ3n) is 6.51. The van der Waals surface area contributed by atoms with E-state index in [0.717, 1.165) is 18.4 Å². The molecule has 184 valence electrons. The van der Waals surface area contributed by atoms with Crippen LogP contribution in [-0.2, 0) is 9.47 Å². The summed E-state index contributed by atoms with van der Waals surface area (Å²) < 4.78 is 17.8. The average Bonchev–Trinajstić information content (AvgIpc) is 3.65. The van der Waals surface area contributed by atoms with E-state index in [-0.39, 0.29) is 30.1 Å². The highest BCUT2D eigenvalue weighted by Gasteiger charge is 2.45. The van der Waals surface area contributed by atoms with Gasteiger partial charge in [0.25, 0.3) is 0 Å². The summed E-state index contributed by atoms with van der Waals surface area (Å²) in [4.78, 5) is 26.7. The van der Waals surface area contributed by atoms with Crippen LogP contribution in [0.3, 0.4) is 0 Å². The molecule has 1 amide bonds. The third kappa shape index (κ3) is 5.14. The lowest BCUT2D eigenvalue weighted by Gasteiger charge is -2.46. The van der Waals surface area contributed by atoms with Crippen molar-refractivity contribution in [2.75, 3.05) is 31.6 Å². The number of nitrogens with zero attached hydrogens (tertiary/aromatic N) is 4. The number of halogens is 1. The number of amides is 1. The molecule has 1 N–H and O–H groups in total. The highest BCUT2D eigenvalue weighted by Crippen LogP contribution is 2.48. The van der Waals surface area contributed by atoms with Gasteiger partial charge in [0.15, 0.2) is 5.69 Å². The Labute approximate surface area is 209 Å². The van der Waals surface area contributed by atoms with Crippen LogP contribution in [0.25, 0.3) is 4.85 Å². The van der Waals surface area contributed by atoms with E-state index in [0.29, 0.717) is 60.3 Å². The predicted octanol–water partition coefficient (Wildman–Crippen LogP) is 5.17. The fraction of sp³-hybridized carbons (Fsp3) is 0.520. The maximum Gasteiger partial charge on any atom is 0.410 e. The fourth-order valence-corrected chi connectivity index (χ4v) is 4.98. The van der Waals surface area contributed by atoms with Gasteiger partial charge in [0.05, 0.1) is 42.2 Å². The molecule has 5 rings (SSSR count). The Hall–Kier alpha value is -3.09. The summed E-state index contributed by atoms with van der Waals surface area (Å²) in [5.41, 5.74) is 2.10. The van der Waals surface area contributed by atoms with Crippen LogP contribution in [0.15, 0.2) is 24.5 Å². The van der Waals surface area contributed by atoms with Crippen LogP contribution >= 0.6 is 11.6 Å². The number of carbonyl (C=O) groups excluding carboxylic acids is 1. The van der Waals surface area contributed by atoms with Gasteiger partial charge >= 0.3 is 6.09 Å². The molecule has 10 heteroatoms. The number of likely N-dealkylation sites (tertiary alicyclic amines) is 1. The van der Waals surface area contributed by atoms with Crippen molar-refractivity contribution in [2.24, 2.45) is 11.8 Å². The Kier molecular flexibility index (Phi) is 6.67. The Balaban J connectivity index is 1.37. The van der Waals surface area contributed by atoms with Crippen molar-refractivity contribution >= 4 is 34.9 Å². The number of benzene rings is 1. The number of anilines is 2. The minimum absolute atomic E-state index is 0.0243. The summed E-state index contributed by atoms with van der Waals surface area (Å²) in [7, 11) is 0. The Morgan fingerprint density at radius 1 is 1.26 bits per heavy atom. The lowest BCUT2D eigenvalue weighted by molar-refractivity contribution is -0.111. The normalized spacial score (nSPS) is 23.5. The molecule has 2 saturated heterocycles. The lowest BCUT2D eigenvalue weighted by Crippen LogP contribution is -2.59. The number of piperidine rings is 1. The largest absolute Gasteiger partial charge is 0.473 e. The van der Waals surface area contributed by atoms with Crippen LogP contribution in [0.2, 0.25) is 5.02 Å². The van der Waals surface area contributed by atoms with Crippen molar-refractivity contribution in [3.05, 3.63) is 46.5 Å². The van der Waals surface area contributed by atoms with Gasteiger partial charge < -0.3 is 24.4 Å². The number of fused-ring (bicyclic) bond motifs is 2. The zero-order valence-corrected chi connectivity index (χ0v) is 20.5. The molecule has 1 aliphatic carbocycles. The van der Waals surface area contributed by atoms with Crippen LogP contribution in [0.4, 0.5) is 22.0 Å². The van der Waals surface area contributed by atoms with Gasteiger partial charge in [-0.1, -0.05) is 17.7 Å². The number of hydrogen-bond acceptors (Lipinski definition) is 7. The number of carbonyl (C=O) groups is 1. The van der Waals surface area contributed by atoms with Crippen molar-refractivity contribution in [1.29, 1.82) is 0 Å². The maximum absolute atomic E-state index is 12.5. The van der Waals surface area contributed by atoms with Gasteiger partial charge in [-0.2, -0.15) is 0 Å². The number of rotatable bonds is 6. The van der Waals surface area contributed by atoms with Crippen molar-refractivity contribution in [2.45, 2.75) is 44.8 Å². The first-order valence-corrected chi connectivity index (χ1v) is 12.3. The molecule has 9 nitrogen and oxygen atoms in total. The molecule has 2 aromatic rings. The predicted molar refractivity (Wildman–Crippen MR) is 130 cm³/mol. The summed E-state index contributed by atoms with van der Waals surface area (Å²) in [6, 6.07) is 5.13. The van der Waals surface area contributed by atoms with Crippen molar-refractivity contribution in [1.82, 2.24) is 14.9 Å². The summed E-state index contributed by atoms with van der Waals surface area (Å²) >= 11 is 6.40. The standard InChI is InChI=1S/C25H28ClN5O4/c1-14(2)34-25(32)31-9-16-11-33-12-17(10-31)22(16)35-24-21(15-4-5-15)23(28-13-29-24)30-20-7-6-18(27-3)8-19(20)26/h6-8,13-17,22H,4-5,9-12H2,1-2H3,(H,28,29,30). The summed E-state index contributed by atoms with van der Waals surface area (Å²) in [6.45, 7) is 12.9. The van der Waals surface area contributed by atoms with Crippen LogP contribution in [0.1, 0.15) is 38.2 Å². The molecular formula is C25H28ClN5O4. The first-order chi connectivity index (χ1) is 16.9. The van der Waals surface area contributed by atoms with E-state index in [1.54, 1.807) is 23.1 Å². The zero-order valence-electron chi connectivity index (χ0n) is 19.7. The van der Waals surface area contributed by atoms with Crippen molar-refractivity contribution in [3.63, 3.8) is 0 Å². The minimum atomic E-state index is -0.288. The fourth-order valence-electron chi connectivity index (χ4n) is 4.76. The molecule has 2 unspecified atom stereocenters. The van der Waals surface area contributed by atoms with Crippen LogP contribution < -0.4 is 10.1 Å². The highest BCUT2D eigenvalue weighted by atomic mass is 35.5. The highest BCUT2D eigenvalue weighted by molar-refractivity contribution is 6.33. The molecule has 1 aromatic carbocycles. The lowest BCUT2D eigenvalue weighted by atomic mass is 9.84. The van der Waals surface area contributed by atoms with E-state index >= 15 is 0 Å². The second-order valence-electron chi connectivity index (χ2n) is 9.59. The van der Waals surface area contributed by atoms with E-state index in [1.165, 1.54) is 6.33 Å². The second kappa shape index (κ2) is 9.88. The SMILES string of the molecule is [C-]#[N+]c1ccc(Nc2ncnc(OC3C4COCC3CN(C(=O)OC(C)C)C4)c2C2CC2)c(Cl)c1. The molecule has 3 aliphatic rings. The van der Waals surface area contributed by atoms with Gasteiger partial charge in [0.2, 0.25) is 5.88 Å². The molecule has 1 aromatic heterocycles. The van der Waals surface area contributed by atoms with Crippen LogP contribution in [-0.4, -0.2) is 59.5 Å². The average molecular weight is 498 g/mol. The number of nitrogens with one attached hydrogen (secondary N) is 1. The van der Waals surface area contributed by atoms with Gasteiger partial charge in [-0.05, 0) is 44.7 Å². The summed E-state index contributed by atoms with van der Waals surface area (Å²) in [5, 5.41) is 3.77. The summed E-state index contributed by atoms with van der Waals surface area (Å²) in [5.74, 6) is 1.59. The smallest absolute Gasteiger partial charge is 0.410 e. The Bertz CT molecular complexity index is 1140. The molecule has 2 atom stereocenters. The first-order valence-electron chi connectivity index (χ1n) is 11.9. The summed E-state index contributed by atoms with van der Waals surface area (Å²) in [6.07, 6.45) is 3.01. The molecular weight excluding hydrogens is 470 g/mol. The molecule has 1 saturated carbocycles. The maximum atomic E-state index is 12.5. The van der Waals surface area contributed by atoms with E-state index < -0.39 is 0 Å². The topological polar surface area (TPSA) is 90.2 Å². The molecule has 0 spiro atoms. The van der Waals surface area contributed by atoms with Crippen LogP contribution in [0.5, 0.6) is 5.88 Å². The quantitative estimate of drug-likeness (QED) is 0.550. The molecule has 2 aliphatic heterocycles. The number of ether oxygens (including phenoxy) is 3. The molecule has 35 heavy (non-hydrogen) atoms. The zero-order chi connectivity index (χ0) is 24.5. The number of hydrogen-bond donors (Lipinski definition) is 1. The first kappa shape index (κ1) is 23.6. The van der Waals surface area contributed by atoms with E-state index in [9.17, 15) is 4.79 Å². The molecule has 0 radical (unpaired) electrons. The second-order valence-corrected chi connectivity index (χ2v) is 10.0. The van der Waals surface area contributed by atoms with Crippen molar-refractivity contribution in [3.8, 4) is 5.88 Å². The number of aromatic nitrogens is 2. The Morgan fingerprint density at radius 2 is 2.00 bits per heavy atom. The van der Waals surface area contributed by atoms with Crippen LogP contribution in [0, 0.1) is 18.4 Å². The van der Waals surface area contributed by atoms with E-state index in [4.69, 9.17) is 32.4 Å². The van der Waals surface area contributed by atoms with Gasteiger partial charge in [-0.15, -0.1) is 0 Å². The van der Waals surface area contributed by atoms with E-state index in [2.05, 4.69) is 20.1 Å². The third-order valence-corrected chi connectivity index (χ3v) is 6.83. The van der Waals surface area contributed by atoms with Gasteiger partial charge in [-0.25, -0.2) is 19.6 Å². The minimum Gasteiger partial charge on any atom is -0.473 e. The molecule has 3 fully saturated rings. The molecule has 3 heterocycles. The monoisotopic (exact) mass is 497 g/mol. The Morgan fingerprint density at radius 3 is 2.63 bits per heavy atom. The van der Waals surface area contributed by atoms with Gasteiger partial charge in [0, 0.05) is 24.9 Å².